The molecule has 0 aliphatic carbocycles. The molecule has 0 bridgehead atoms. The molecule has 0 fully saturated rings. The van der Waals surface area contributed by atoms with Gasteiger partial charge in [0.2, 0.25) is 0 Å². The number of hydrogen-bond donors (Lipinski definition) is 3. The molecule has 1 atom stereocenters. The van der Waals surface area contributed by atoms with Gasteiger partial charge in [-0.1, -0.05) is 18.2 Å². The highest BCUT2D eigenvalue weighted by molar-refractivity contribution is 6.30. The molecule has 3 aromatic rings. The summed E-state index contributed by atoms with van der Waals surface area (Å²) in [5, 5.41) is 15.9. The van der Waals surface area contributed by atoms with Crippen molar-refractivity contribution < 1.29 is 9.90 Å². The van der Waals surface area contributed by atoms with Gasteiger partial charge >= 0.3 is 0 Å². The third-order valence-corrected chi connectivity index (χ3v) is 4.46. The molecule has 0 aromatic carbocycles. The van der Waals surface area contributed by atoms with E-state index in [0.717, 1.165) is 22.4 Å². The predicted molar refractivity (Wildman–Crippen MR) is 119 cm³/mol. The first-order valence-electron chi connectivity index (χ1n) is 9.29. The number of carbonyl (C=O) groups excluding carboxylic acids is 1. The van der Waals surface area contributed by atoms with Gasteiger partial charge in [0, 0.05) is 54.3 Å². The first-order chi connectivity index (χ1) is 14.3. The molecule has 7 nitrogen and oxygen atoms in total. The molecule has 0 radical (unpaired) electrons. The normalized spacial score (nSPS) is 11.6. The maximum atomic E-state index is 12.5. The van der Waals surface area contributed by atoms with E-state index in [0.29, 0.717) is 22.0 Å². The van der Waals surface area contributed by atoms with E-state index in [2.05, 4.69) is 32.2 Å². The Morgan fingerprint density at radius 1 is 1.17 bits per heavy atom. The summed E-state index contributed by atoms with van der Waals surface area (Å²) in [6, 6.07) is 5.35. The molecular formula is C22H22ClN5O2. The van der Waals surface area contributed by atoms with Crippen molar-refractivity contribution in [2.45, 2.75) is 20.0 Å². The van der Waals surface area contributed by atoms with Crippen LogP contribution in [0.2, 0.25) is 5.02 Å². The number of nitrogens with zero attached hydrogens (tertiary/aromatic N) is 3. The highest BCUT2D eigenvalue weighted by Gasteiger charge is 2.15. The van der Waals surface area contributed by atoms with E-state index in [1.165, 1.54) is 6.20 Å². The van der Waals surface area contributed by atoms with Gasteiger partial charge in [-0.2, -0.15) is 0 Å². The Labute approximate surface area is 179 Å². The summed E-state index contributed by atoms with van der Waals surface area (Å²) < 4.78 is 0. The highest BCUT2D eigenvalue weighted by Crippen LogP contribution is 2.31. The zero-order chi connectivity index (χ0) is 21.7. The summed E-state index contributed by atoms with van der Waals surface area (Å²) in [7, 11) is 0. The molecule has 0 saturated carbocycles. The van der Waals surface area contributed by atoms with Crippen LogP contribution in [0, 0.1) is 0 Å². The minimum atomic E-state index is -0.647. The van der Waals surface area contributed by atoms with E-state index in [9.17, 15) is 9.90 Å². The van der Waals surface area contributed by atoms with Gasteiger partial charge in [-0.05, 0) is 37.6 Å². The molecular weight excluding hydrogens is 402 g/mol. The molecule has 0 aliphatic rings. The van der Waals surface area contributed by atoms with Crippen LogP contribution in [0.5, 0.6) is 0 Å². The van der Waals surface area contributed by atoms with Gasteiger partial charge in [0.25, 0.3) is 5.91 Å². The number of nitrogens with one attached hydrogen (secondary N) is 2. The van der Waals surface area contributed by atoms with Crippen LogP contribution in [0.3, 0.4) is 0 Å². The maximum absolute atomic E-state index is 12.5. The second kappa shape index (κ2) is 9.47. The van der Waals surface area contributed by atoms with E-state index in [1.54, 1.807) is 43.8 Å². The van der Waals surface area contributed by atoms with Crippen LogP contribution < -0.4 is 10.6 Å². The molecule has 154 valence electrons. The summed E-state index contributed by atoms with van der Waals surface area (Å²) in [5.74, 6) is -0.336. The van der Waals surface area contributed by atoms with Gasteiger partial charge < -0.3 is 15.7 Å². The zero-order valence-electron chi connectivity index (χ0n) is 16.7. The smallest absolute Gasteiger partial charge is 0.255 e. The minimum absolute atomic E-state index is 0.144. The Balaban J connectivity index is 1.99. The number of rotatable bonds is 7. The third kappa shape index (κ3) is 5.20. The van der Waals surface area contributed by atoms with E-state index < -0.39 is 6.10 Å². The lowest BCUT2D eigenvalue weighted by Gasteiger charge is -2.16. The molecule has 0 saturated heterocycles. The average molecular weight is 424 g/mol. The number of pyridine rings is 3. The van der Waals surface area contributed by atoms with Gasteiger partial charge in [-0.3, -0.25) is 19.7 Å². The average Bonchev–Trinajstić information content (AvgIpc) is 2.72. The van der Waals surface area contributed by atoms with Gasteiger partial charge in [-0.15, -0.1) is 0 Å². The molecule has 0 spiro atoms. The summed E-state index contributed by atoms with van der Waals surface area (Å²) in [6.45, 7) is 7.64. The number of halogens is 1. The molecule has 3 N–H and O–H groups in total. The fourth-order valence-corrected chi connectivity index (χ4v) is 2.95. The Bertz CT molecular complexity index is 1080. The Morgan fingerprint density at radius 2 is 1.97 bits per heavy atom. The Hall–Kier alpha value is -3.29. The van der Waals surface area contributed by atoms with Crippen molar-refractivity contribution in [2.75, 3.05) is 11.9 Å². The second-order valence-corrected chi connectivity index (χ2v) is 7.33. The van der Waals surface area contributed by atoms with Crippen LogP contribution in [0.15, 0.2) is 55.8 Å². The van der Waals surface area contributed by atoms with Gasteiger partial charge in [0.1, 0.15) is 0 Å². The lowest BCUT2D eigenvalue weighted by atomic mass is 10.1. The summed E-state index contributed by atoms with van der Waals surface area (Å²) >= 11 is 6.06. The van der Waals surface area contributed by atoms with Gasteiger partial charge in [0.05, 0.1) is 28.1 Å². The quantitative estimate of drug-likeness (QED) is 0.529. The first kappa shape index (κ1) is 21.4. The molecule has 3 heterocycles. The predicted octanol–water partition coefficient (Wildman–Crippen LogP) is 4.08. The van der Waals surface area contributed by atoms with Gasteiger partial charge in [0.15, 0.2) is 0 Å². The van der Waals surface area contributed by atoms with Crippen molar-refractivity contribution in [3.8, 4) is 11.3 Å². The number of aliphatic hydroxyl groups is 1. The first-order valence-corrected chi connectivity index (χ1v) is 9.67. The second-order valence-electron chi connectivity index (χ2n) is 6.89. The van der Waals surface area contributed by atoms with E-state index in [1.807, 2.05) is 13.0 Å². The molecule has 1 amide bonds. The molecule has 1 unspecified atom stereocenters. The van der Waals surface area contributed by atoms with Crippen molar-refractivity contribution in [1.29, 1.82) is 0 Å². The third-order valence-electron chi connectivity index (χ3n) is 4.26. The summed E-state index contributed by atoms with van der Waals surface area (Å²) in [4.78, 5) is 25.2. The number of aliphatic hydroxyl groups excluding tert-OH is 1. The molecule has 3 rings (SSSR count). The number of carbonyl (C=O) groups is 1. The van der Waals surface area contributed by atoms with Crippen molar-refractivity contribution >= 4 is 34.5 Å². The highest BCUT2D eigenvalue weighted by atomic mass is 35.5. The van der Waals surface area contributed by atoms with Gasteiger partial charge in [-0.25, -0.2) is 0 Å². The Kier molecular flexibility index (Phi) is 6.76. The van der Waals surface area contributed by atoms with Crippen LogP contribution in [0.25, 0.3) is 16.8 Å². The van der Waals surface area contributed by atoms with Crippen molar-refractivity contribution in [1.82, 2.24) is 20.3 Å². The summed E-state index contributed by atoms with van der Waals surface area (Å²) in [5.41, 5.74) is 4.71. The monoisotopic (exact) mass is 423 g/mol. The van der Waals surface area contributed by atoms with Crippen molar-refractivity contribution in [3.05, 3.63) is 71.9 Å². The lowest BCUT2D eigenvalue weighted by molar-refractivity contribution is 0.0924. The molecule has 30 heavy (non-hydrogen) atoms. The number of amides is 1. The van der Waals surface area contributed by atoms with Crippen LogP contribution >= 0.6 is 11.6 Å². The fraction of sp³-hybridized carbons (Fsp3) is 0.182. The number of anilines is 2. The van der Waals surface area contributed by atoms with E-state index in [-0.39, 0.29) is 12.5 Å². The van der Waals surface area contributed by atoms with Crippen LogP contribution in [-0.2, 0) is 0 Å². The minimum Gasteiger partial charge on any atom is -0.392 e. The van der Waals surface area contributed by atoms with Crippen molar-refractivity contribution in [2.24, 2.45) is 0 Å². The number of allylic oxidation sites excluding steroid dienone is 1. The van der Waals surface area contributed by atoms with E-state index in [4.69, 9.17) is 11.6 Å². The van der Waals surface area contributed by atoms with Crippen LogP contribution in [0.4, 0.5) is 11.4 Å². The Morgan fingerprint density at radius 3 is 2.67 bits per heavy atom. The summed E-state index contributed by atoms with van der Waals surface area (Å²) in [6.07, 6.45) is 7.38. The van der Waals surface area contributed by atoms with Crippen LogP contribution in [-0.4, -0.2) is 38.6 Å². The maximum Gasteiger partial charge on any atom is 0.255 e. The van der Waals surface area contributed by atoms with Crippen molar-refractivity contribution in [3.63, 3.8) is 0 Å². The topological polar surface area (TPSA) is 100 Å². The standard InChI is InChI=1S/C22H22ClN5O2/c1-13(2)17-12-26-20(15-6-16(23)10-25-9-15)7-21(17)28-19-4-5-24-11-18(19)22(30)27-8-14(3)29/h4-7,9-12,14,29H,1,8H2,2-3H3,(H,27,30)(H,24,26,28). The number of hydrogen-bond acceptors (Lipinski definition) is 6. The molecule has 0 aliphatic heterocycles. The fourth-order valence-electron chi connectivity index (χ4n) is 2.77. The van der Waals surface area contributed by atoms with Crippen LogP contribution in [0.1, 0.15) is 29.8 Å². The molecule has 3 aromatic heterocycles. The number of aromatic nitrogens is 3. The zero-order valence-corrected chi connectivity index (χ0v) is 17.4. The lowest BCUT2D eigenvalue weighted by Crippen LogP contribution is -2.31. The van der Waals surface area contributed by atoms with E-state index >= 15 is 0 Å². The SMILES string of the molecule is C=C(C)c1cnc(-c2cncc(Cl)c2)cc1Nc1ccncc1C(=O)NCC(C)O. The largest absolute Gasteiger partial charge is 0.392 e. The molecule has 8 heteroatoms.